The summed E-state index contributed by atoms with van der Waals surface area (Å²) in [6.45, 7) is 4.27. The van der Waals surface area contributed by atoms with Crippen molar-refractivity contribution in [1.82, 2.24) is 15.0 Å². The van der Waals surface area contributed by atoms with E-state index in [0.717, 1.165) is 23.5 Å². The molecule has 1 fully saturated rings. The molecule has 30 heavy (non-hydrogen) atoms. The van der Waals surface area contributed by atoms with E-state index in [-0.39, 0.29) is 11.8 Å². The molecule has 2 heterocycles. The second-order valence-electron chi connectivity index (χ2n) is 7.50. The van der Waals surface area contributed by atoms with Crippen molar-refractivity contribution in [2.24, 2.45) is 5.92 Å². The average molecular weight is 423 g/mol. The monoisotopic (exact) mass is 422 g/mol. The Morgan fingerprint density at radius 1 is 1.20 bits per heavy atom. The summed E-state index contributed by atoms with van der Waals surface area (Å²) in [7, 11) is 0. The Morgan fingerprint density at radius 2 is 2.00 bits per heavy atom. The van der Waals surface area contributed by atoms with E-state index >= 15 is 0 Å². The molecule has 1 saturated carbocycles. The average Bonchev–Trinajstić information content (AvgIpc) is 3.51. The lowest BCUT2D eigenvalue weighted by atomic mass is 9.93. The van der Waals surface area contributed by atoms with Gasteiger partial charge in [-0.25, -0.2) is 15.0 Å². The van der Waals surface area contributed by atoms with Gasteiger partial charge in [0.2, 0.25) is 5.91 Å². The van der Waals surface area contributed by atoms with E-state index in [1.165, 1.54) is 6.20 Å². The second kappa shape index (κ2) is 8.40. The molecule has 3 aromatic rings. The van der Waals surface area contributed by atoms with Crippen LogP contribution < -0.4 is 10.1 Å². The van der Waals surface area contributed by atoms with E-state index in [9.17, 15) is 4.79 Å². The molecule has 1 amide bonds. The largest absolute Gasteiger partial charge is 0.489 e. The van der Waals surface area contributed by atoms with Gasteiger partial charge in [-0.3, -0.25) is 4.79 Å². The lowest BCUT2D eigenvalue weighted by molar-refractivity contribution is -0.117. The third kappa shape index (κ3) is 4.14. The number of hydrogen-bond donors (Lipinski definition) is 1. The maximum atomic E-state index is 13.0. The van der Waals surface area contributed by atoms with E-state index in [0.29, 0.717) is 29.6 Å². The summed E-state index contributed by atoms with van der Waals surface area (Å²) >= 11 is 5.88. The number of carbonyl (C=O) groups is 1. The van der Waals surface area contributed by atoms with Gasteiger partial charge in [0.15, 0.2) is 5.75 Å². The van der Waals surface area contributed by atoms with Crippen LogP contribution in [0.3, 0.4) is 0 Å². The van der Waals surface area contributed by atoms with Crippen LogP contribution in [0.4, 0.5) is 5.82 Å². The molecule has 2 aromatic heterocycles. The summed E-state index contributed by atoms with van der Waals surface area (Å²) in [5.74, 6) is 1.58. The molecule has 0 unspecified atom stereocenters. The maximum Gasteiger partial charge on any atom is 0.229 e. The topological polar surface area (TPSA) is 77.0 Å². The number of halogens is 1. The number of anilines is 1. The fourth-order valence-corrected chi connectivity index (χ4v) is 3.84. The SMILES string of the molecule is CCc1nc(C)ncc1OC[C@@]1(c2ccccc2)C[C@H]1C(=O)Nc1ccc(Cl)cn1. The first kappa shape index (κ1) is 20.3. The Balaban J connectivity index is 1.54. The highest BCUT2D eigenvalue weighted by Crippen LogP contribution is 2.55. The van der Waals surface area contributed by atoms with Crippen LogP contribution in [-0.2, 0) is 16.6 Å². The van der Waals surface area contributed by atoms with Crippen LogP contribution in [0.1, 0.15) is 30.4 Å². The summed E-state index contributed by atoms with van der Waals surface area (Å²) in [6, 6.07) is 13.4. The fourth-order valence-electron chi connectivity index (χ4n) is 3.73. The van der Waals surface area contributed by atoms with Crippen molar-refractivity contribution in [2.75, 3.05) is 11.9 Å². The van der Waals surface area contributed by atoms with E-state index < -0.39 is 5.41 Å². The quantitative estimate of drug-likeness (QED) is 0.611. The number of nitrogens with one attached hydrogen (secondary N) is 1. The zero-order valence-corrected chi connectivity index (χ0v) is 17.7. The highest BCUT2D eigenvalue weighted by atomic mass is 35.5. The molecular weight excluding hydrogens is 400 g/mol. The predicted octanol–water partition coefficient (Wildman–Crippen LogP) is 4.37. The van der Waals surface area contributed by atoms with Crippen molar-refractivity contribution in [3.63, 3.8) is 0 Å². The Kier molecular flexibility index (Phi) is 5.68. The van der Waals surface area contributed by atoms with Crippen molar-refractivity contribution < 1.29 is 9.53 Å². The Bertz CT molecular complexity index is 1040. The molecule has 0 radical (unpaired) electrons. The molecule has 1 N–H and O–H groups in total. The van der Waals surface area contributed by atoms with Crippen LogP contribution >= 0.6 is 11.6 Å². The minimum atomic E-state index is -0.395. The Labute approximate surface area is 180 Å². The molecule has 0 spiro atoms. The van der Waals surface area contributed by atoms with Crippen molar-refractivity contribution in [3.8, 4) is 5.75 Å². The highest BCUT2D eigenvalue weighted by Gasteiger charge is 2.60. The van der Waals surface area contributed by atoms with Gasteiger partial charge in [0.25, 0.3) is 0 Å². The lowest BCUT2D eigenvalue weighted by Crippen LogP contribution is -2.27. The number of rotatable bonds is 7. The van der Waals surface area contributed by atoms with Gasteiger partial charge in [0.1, 0.15) is 11.6 Å². The van der Waals surface area contributed by atoms with Crippen LogP contribution in [-0.4, -0.2) is 27.5 Å². The van der Waals surface area contributed by atoms with Gasteiger partial charge in [0.05, 0.1) is 29.4 Å². The van der Waals surface area contributed by atoms with E-state index in [2.05, 4.69) is 20.3 Å². The van der Waals surface area contributed by atoms with Crippen LogP contribution in [0.15, 0.2) is 54.9 Å². The zero-order chi connectivity index (χ0) is 21.1. The summed E-state index contributed by atoms with van der Waals surface area (Å²) < 4.78 is 6.17. The minimum absolute atomic E-state index is 0.0758. The van der Waals surface area contributed by atoms with E-state index in [1.807, 2.05) is 44.2 Å². The molecule has 1 aliphatic carbocycles. The van der Waals surface area contributed by atoms with Gasteiger partial charge in [-0.15, -0.1) is 0 Å². The maximum absolute atomic E-state index is 13.0. The Hall–Kier alpha value is -2.99. The summed E-state index contributed by atoms with van der Waals surface area (Å²) in [6.07, 6.45) is 4.68. The molecule has 7 heteroatoms. The predicted molar refractivity (Wildman–Crippen MR) is 116 cm³/mol. The van der Waals surface area contributed by atoms with Gasteiger partial charge < -0.3 is 10.1 Å². The van der Waals surface area contributed by atoms with Crippen LogP contribution in [0.5, 0.6) is 5.75 Å². The summed E-state index contributed by atoms with van der Waals surface area (Å²) in [5.41, 5.74) is 1.56. The van der Waals surface area contributed by atoms with Crippen molar-refractivity contribution in [3.05, 3.63) is 77.0 Å². The number of ether oxygens (including phenoxy) is 1. The van der Waals surface area contributed by atoms with E-state index in [4.69, 9.17) is 16.3 Å². The lowest BCUT2D eigenvalue weighted by Gasteiger charge is -2.20. The van der Waals surface area contributed by atoms with E-state index in [1.54, 1.807) is 18.3 Å². The molecule has 1 aliphatic rings. The number of amides is 1. The van der Waals surface area contributed by atoms with Crippen molar-refractivity contribution >= 4 is 23.3 Å². The first-order chi connectivity index (χ1) is 14.5. The second-order valence-corrected chi connectivity index (χ2v) is 7.94. The summed E-state index contributed by atoms with van der Waals surface area (Å²) in [4.78, 5) is 25.9. The number of hydrogen-bond acceptors (Lipinski definition) is 5. The number of benzene rings is 1. The van der Waals surface area contributed by atoms with Gasteiger partial charge in [-0.2, -0.15) is 0 Å². The highest BCUT2D eigenvalue weighted by molar-refractivity contribution is 6.30. The standard InChI is InChI=1S/C23H23ClN4O2/c1-3-19-20(13-25-15(2)27-19)30-14-23(16-7-5-4-6-8-16)11-18(23)22(29)28-21-10-9-17(24)12-26-21/h4-10,12-13,18H,3,11,14H2,1-2H3,(H,26,28,29)/t18-,23+/m0/s1. The third-order valence-corrected chi connectivity index (χ3v) is 5.71. The molecule has 0 aliphatic heterocycles. The number of nitrogens with zero attached hydrogens (tertiary/aromatic N) is 3. The number of pyridine rings is 1. The third-order valence-electron chi connectivity index (χ3n) is 5.49. The Morgan fingerprint density at radius 3 is 2.70 bits per heavy atom. The molecule has 2 atom stereocenters. The molecule has 0 bridgehead atoms. The zero-order valence-electron chi connectivity index (χ0n) is 16.9. The fraction of sp³-hybridized carbons (Fsp3) is 0.304. The van der Waals surface area contributed by atoms with Gasteiger partial charge in [-0.05, 0) is 37.5 Å². The van der Waals surface area contributed by atoms with Crippen molar-refractivity contribution in [2.45, 2.75) is 32.1 Å². The van der Waals surface area contributed by atoms with Crippen LogP contribution in [0.25, 0.3) is 0 Å². The van der Waals surface area contributed by atoms with Gasteiger partial charge in [0, 0.05) is 11.6 Å². The van der Waals surface area contributed by atoms with Crippen LogP contribution in [0, 0.1) is 12.8 Å². The molecule has 1 aromatic carbocycles. The first-order valence-corrected chi connectivity index (χ1v) is 10.3. The molecule has 154 valence electrons. The van der Waals surface area contributed by atoms with Crippen molar-refractivity contribution in [1.29, 1.82) is 0 Å². The van der Waals surface area contributed by atoms with Crippen LogP contribution in [0.2, 0.25) is 5.02 Å². The van der Waals surface area contributed by atoms with Gasteiger partial charge >= 0.3 is 0 Å². The van der Waals surface area contributed by atoms with Gasteiger partial charge in [-0.1, -0.05) is 48.9 Å². The smallest absolute Gasteiger partial charge is 0.229 e. The molecular formula is C23H23ClN4O2. The first-order valence-electron chi connectivity index (χ1n) is 9.95. The number of aryl methyl sites for hydroxylation is 2. The summed E-state index contributed by atoms with van der Waals surface area (Å²) in [5, 5.41) is 3.42. The minimum Gasteiger partial charge on any atom is -0.489 e. The number of carbonyl (C=O) groups excluding carboxylic acids is 1. The molecule has 4 rings (SSSR count). The number of aromatic nitrogens is 3. The molecule has 6 nitrogen and oxygen atoms in total. The normalized spacial score (nSPS) is 19.9. The molecule has 0 saturated heterocycles.